The number of rotatable bonds is 5. The first-order valence-electron chi connectivity index (χ1n) is 6.58. The Labute approximate surface area is 130 Å². The molecule has 1 aromatic carbocycles. The predicted molar refractivity (Wildman–Crippen MR) is 79.0 cm³/mol. The summed E-state index contributed by atoms with van der Waals surface area (Å²) < 4.78 is 15.6. The summed E-state index contributed by atoms with van der Waals surface area (Å²) in [5, 5.41) is 4.31. The molecule has 0 fully saturated rings. The molecule has 1 aliphatic heterocycles. The largest absolute Gasteiger partial charge is 0.460 e. The molecule has 0 spiro atoms. The molecule has 22 heavy (non-hydrogen) atoms. The molecule has 1 amide bonds. The van der Waals surface area contributed by atoms with Crippen molar-refractivity contribution >= 4 is 23.2 Å². The fourth-order valence-corrected chi connectivity index (χ4v) is 2.53. The maximum absolute atomic E-state index is 11.7. The molecule has 1 aromatic heterocycles. The molecule has 1 N–H and O–H groups in total. The van der Waals surface area contributed by atoms with Gasteiger partial charge >= 0.3 is 5.97 Å². The van der Waals surface area contributed by atoms with Gasteiger partial charge in [0.25, 0.3) is 5.91 Å². The van der Waals surface area contributed by atoms with E-state index in [1.54, 1.807) is 35.7 Å². The van der Waals surface area contributed by atoms with Crippen LogP contribution < -0.4 is 14.8 Å². The van der Waals surface area contributed by atoms with E-state index in [0.717, 1.165) is 5.56 Å². The van der Waals surface area contributed by atoms with Crippen LogP contribution in [0.1, 0.15) is 15.2 Å². The van der Waals surface area contributed by atoms with Crippen molar-refractivity contribution in [1.29, 1.82) is 0 Å². The van der Waals surface area contributed by atoms with Gasteiger partial charge in [-0.25, -0.2) is 0 Å². The van der Waals surface area contributed by atoms with Crippen LogP contribution in [-0.4, -0.2) is 25.2 Å². The smallest absolute Gasteiger partial charge is 0.325 e. The minimum atomic E-state index is -0.498. The Morgan fingerprint density at radius 3 is 2.91 bits per heavy atom. The lowest BCUT2D eigenvalue weighted by molar-refractivity contribution is -0.143. The Morgan fingerprint density at radius 2 is 2.09 bits per heavy atom. The Kier molecular flexibility index (Phi) is 4.24. The Morgan fingerprint density at radius 1 is 1.23 bits per heavy atom. The molecule has 0 unspecified atom stereocenters. The minimum Gasteiger partial charge on any atom is -0.460 e. The van der Waals surface area contributed by atoms with Gasteiger partial charge in [0.05, 0.1) is 4.88 Å². The quantitative estimate of drug-likeness (QED) is 0.853. The molecular weight excluding hydrogens is 306 g/mol. The summed E-state index contributed by atoms with van der Waals surface area (Å²) >= 11 is 1.31. The summed E-state index contributed by atoms with van der Waals surface area (Å²) in [4.78, 5) is 23.9. The second-order valence-electron chi connectivity index (χ2n) is 4.51. The molecule has 2 aromatic rings. The van der Waals surface area contributed by atoms with E-state index in [4.69, 9.17) is 14.2 Å². The first-order valence-corrected chi connectivity index (χ1v) is 7.46. The zero-order valence-electron chi connectivity index (χ0n) is 11.5. The van der Waals surface area contributed by atoms with Crippen molar-refractivity contribution in [2.24, 2.45) is 0 Å². The third kappa shape index (κ3) is 3.37. The Bertz CT molecular complexity index is 683. The van der Waals surface area contributed by atoms with Crippen LogP contribution in [0.4, 0.5) is 0 Å². The van der Waals surface area contributed by atoms with E-state index >= 15 is 0 Å². The Balaban J connectivity index is 1.45. The average Bonchev–Trinajstić information content (AvgIpc) is 3.20. The van der Waals surface area contributed by atoms with Crippen LogP contribution in [-0.2, 0) is 16.1 Å². The number of amides is 1. The normalized spacial score (nSPS) is 12.0. The van der Waals surface area contributed by atoms with Crippen LogP contribution in [0.25, 0.3) is 0 Å². The second-order valence-corrected chi connectivity index (χ2v) is 5.46. The lowest BCUT2D eigenvalue weighted by atomic mass is 10.2. The van der Waals surface area contributed by atoms with Gasteiger partial charge in [-0.1, -0.05) is 12.1 Å². The molecule has 114 valence electrons. The molecule has 2 heterocycles. The van der Waals surface area contributed by atoms with Crippen molar-refractivity contribution in [2.45, 2.75) is 6.61 Å². The lowest BCUT2D eigenvalue weighted by Crippen LogP contribution is -2.30. The van der Waals surface area contributed by atoms with Gasteiger partial charge in [-0.3, -0.25) is 9.59 Å². The summed E-state index contributed by atoms with van der Waals surface area (Å²) in [6.45, 7) is 0.152. The monoisotopic (exact) mass is 319 g/mol. The van der Waals surface area contributed by atoms with Crippen LogP contribution in [0.2, 0.25) is 0 Å². The number of nitrogens with one attached hydrogen (secondary N) is 1. The molecule has 0 radical (unpaired) electrons. The number of carbonyl (C=O) groups is 2. The van der Waals surface area contributed by atoms with Crippen LogP contribution in [0.5, 0.6) is 11.5 Å². The van der Waals surface area contributed by atoms with Crippen molar-refractivity contribution in [1.82, 2.24) is 5.32 Å². The highest BCUT2D eigenvalue weighted by Gasteiger charge is 2.14. The summed E-state index contributed by atoms with van der Waals surface area (Å²) in [6, 6.07) is 8.80. The zero-order chi connectivity index (χ0) is 15.4. The average molecular weight is 319 g/mol. The highest BCUT2D eigenvalue weighted by Crippen LogP contribution is 2.32. The third-order valence-electron chi connectivity index (χ3n) is 2.98. The second kappa shape index (κ2) is 6.48. The van der Waals surface area contributed by atoms with Gasteiger partial charge < -0.3 is 19.5 Å². The van der Waals surface area contributed by atoms with E-state index in [2.05, 4.69) is 5.32 Å². The van der Waals surface area contributed by atoms with Crippen LogP contribution in [0, 0.1) is 0 Å². The number of thiophene rings is 1. The number of hydrogen-bond acceptors (Lipinski definition) is 6. The molecule has 0 atom stereocenters. The van der Waals surface area contributed by atoms with Crippen molar-refractivity contribution in [2.75, 3.05) is 13.3 Å². The third-order valence-corrected chi connectivity index (χ3v) is 3.84. The topological polar surface area (TPSA) is 73.9 Å². The Hall–Kier alpha value is -2.54. The van der Waals surface area contributed by atoms with Gasteiger partial charge in [0.1, 0.15) is 13.2 Å². The van der Waals surface area contributed by atoms with Gasteiger partial charge in [-0.05, 0) is 29.1 Å². The molecule has 0 bridgehead atoms. The molecule has 0 saturated heterocycles. The molecular formula is C15H13NO5S. The van der Waals surface area contributed by atoms with E-state index in [-0.39, 0.29) is 25.9 Å². The molecule has 7 heteroatoms. The fraction of sp³-hybridized carbons (Fsp3) is 0.200. The van der Waals surface area contributed by atoms with Gasteiger partial charge in [0.15, 0.2) is 11.5 Å². The molecule has 0 saturated carbocycles. The zero-order valence-corrected chi connectivity index (χ0v) is 12.4. The van der Waals surface area contributed by atoms with Crippen molar-refractivity contribution in [3.63, 3.8) is 0 Å². The van der Waals surface area contributed by atoms with Crippen LogP contribution >= 0.6 is 11.3 Å². The maximum Gasteiger partial charge on any atom is 0.325 e. The maximum atomic E-state index is 11.7. The molecule has 6 nitrogen and oxygen atoms in total. The summed E-state index contributed by atoms with van der Waals surface area (Å²) in [7, 11) is 0. The SMILES string of the molecule is O=C(CNC(=O)c1cccs1)OCc1ccc2c(c1)OCO2. The standard InChI is InChI=1S/C15H13NO5S/c17-14(7-16-15(18)13-2-1-5-22-13)19-8-10-3-4-11-12(6-10)21-9-20-11/h1-6H,7-9H2,(H,16,18). The number of fused-ring (bicyclic) bond motifs is 1. The number of hydrogen-bond donors (Lipinski definition) is 1. The van der Waals surface area contributed by atoms with Gasteiger partial charge in [-0.2, -0.15) is 0 Å². The fourth-order valence-electron chi connectivity index (χ4n) is 1.89. The van der Waals surface area contributed by atoms with E-state index in [0.29, 0.717) is 16.4 Å². The minimum absolute atomic E-state index is 0.115. The lowest BCUT2D eigenvalue weighted by Gasteiger charge is -2.06. The van der Waals surface area contributed by atoms with E-state index < -0.39 is 5.97 Å². The van der Waals surface area contributed by atoms with E-state index in [1.807, 2.05) is 0 Å². The molecule has 3 rings (SSSR count). The van der Waals surface area contributed by atoms with E-state index in [9.17, 15) is 9.59 Å². The summed E-state index contributed by atoms with van der Waals surface area (Å²) in [6.07, 6.45) is 0. The number of carbonyl (C=O) groups excluding carboxylic acids is 2. The summed E-state index contributed by atoms with van der Waals surface area (Å²) in [5.74, 6) is 0.537. The first kappa shape index (κ1) is 14.4. The number of ether oxygens (including phenoxy) is 3. The molecule has 1 aliphatic rings. The van der Waals surface area contributed by atoms with Gasteiger partial charge in [0, 0.05) is 0 Å². The number of esters is 1. The highest BCUT2D eigenvalue weighted by atomic mass is 32.1. The molecule has 0 aliphatic carbocycles. The van der Waals surface area contributed by atoms with Crippen LogP contribution in [0.15, 0.2) is 35.7 Å². The van der Waals surface area contributed by atoms with Gasteiger partial charge in [-0.15, -0.1) is 11.3 Å². The van der Waals surface area contributed by atoms with Gasteiger partial charge in [0.2, 0.25) is 6.79 Å². The number of benzene rings is 1. The highest BCUT2D eigenvalue weighted by molar-refractivity contribution is 7.12. The van der Waals surface area contributed by atoms with Crippen molar-refractivity contribution in [3.8, 4) is 11.5 Å². The first-order chi connectivity index (χ1) is 10.7. The van der Waals surface area contributed by atoms with Crippen molar-refractivity contribution < 1.29 is 23.8 Å². The predicted octanol–water partition coefficient (Wildman–Crippen LogP) is 1.95. The van der Waals surface area contributed by atoms with Crippen LogP contribution in [0.3, 0.4) is 0 Å². The summed E-state index contributed by atoms with van der Waals surface area (Å²) in [5.41, 5.74) is 0.794. The van der Waals surface area contributed by atoms with E-state index in [1.165, 1.54) is 11.3 Å². The van der Waals surface area contributed by atoms with Crippen molar-refractivity contribution in [3.05, 3.63) is 46.2 Å².